The average molecular weight is 292 g/mol. The van der Waals surface area contributed by atoms with Gasteiger partial charge < -0.3 is 10.2 Å². The molecule has 0 bridgehead atoms. The van der Waals surface area contributed by atoms with E-state index >= 15 is 0 Å². The van der Waals surface area contributed by atoms with Gasteiger partial charge in [-0.2, -0.15) is 0 Å². The van der Waals surface area contributed by atoms with Crippen molar-refractivity contribution in [2.24, 2.45) is 5.92 Å². The number of carbonyl (C=O) groups is 2. The fraction of sp³-hybridized carbons (Fsp3) is 0.765. The Morgan fingerprint density at radius 3 is 2.57 bits per heavy atom. The molecular formula is C17H28N2O2. The van der Waals surface area contributed by atoms with Gasteiger partial charge in [0.1, 0.15) is 11.6 Å². The number of amides is 2. The first-order valence-corrected chi connectivity index (χ1v) is 8.30. The second-order valence-corrected chi connectivity index (χ2v) is 6.45. The number of hydrogen-bond acceptors (Lipinski definition) is 2. The predicted molar refractivity (Wildman–Crippen MR) is 83.7 cm³/mol. The Morgan fingerprint density at radius 2 is 2.00 bits per heavy atom. The molecule has 1 saturated heterocycles. The van der Waals surface area contributed by atoms with E-state index in [1.165, 1.54) is 0 Å². The number of piperazine rings is 1. The van der Waals surface area contributed by atoms with Crippen LogP contribution in [0.15, 0.2) is 12.2 Å². The largest absolute Gasteiger partial charge is 0.342 e. The molecule has 1 aliphatic carbocycles. The van der Waals surface area contributed by atoms with Crippen molar-refractivity contribution in [3.05, 3.63) is 12.2 Å². The van der Waals surface area contributed by atoms with E-state index in [4.69, 9.17) is 0 Å². The minimum Gasteiger partial charge on any atom is -0.342 e. The average Bonchev–Trinajstić information content (AvgIpc) is 2.51. The van der Waals surface area contributed by atoms with Crippen molar-refractivity contribution in [2.45, 2.75) is 70.9 Å². The molecule has 0 aromatic rings. The number of carbonyl (C=O) groups excluding carboxylic acids is 2. The molecule has 4 nitrogen and oxygen atoms in total. The fourth-order valence-electron chi connectivity index (χ4n) is 3.57. The molecule has 2 fully saturated rings. The molecule has 1 aliphatic heterocycles. The lowest BCUT2D eigenvalue weighted by Crippen LogP contribution is -2.72. The molecule has 2 atom stereocenters. The van der Waals surface area contributed by atoms with Crippen LogP contribution in [0.3, 0.4) is 0 Å². The zero-order valence-electron chi connectivity index (χ0n) is 13.5. The summed E-state index contributed by atoms with van der Waals surface area (Å²) in [4.78, 5) is 27.6. The summed E-state index contributed by atoms with van der Waals surface area (Å²) < 4.78 is 0. The highest BCUT2D eigenvalue weighted by Crippen LogP contribution is 2.37. The van der Waals surface area contributed by atoms with Crippen LogP contribution in [-0.4, -0.2) is 34.8 Å². The van der Waals surface area contributed by atoms with Gasteiger partial charge in [0.15, 0.2) is 0 Å². The molecule has 2 rings (SSSR count). The van der Waals surface area contributed by atoms with Crippen LogP contribution in [0.2, 0.25) is 0 Å². The van der Waals surface area contributed by atoms with Crippen molar-refractivity contribution in [2.75, 3.05) is 6.54 Å². The van der Waals surface area contributed by atoms with E-state index in [-0.39, 0.29) is 23.8 Å². The van der Waals surface area contributed by atoms with Crippen LogP contribution in [0.5, 0.6) is 0 Å². The van der Waals surface area contributed by atoms with E-state index in [0.29, 0.717) is 6.54 Å². The lowest BCUT2D eigenvalue weighted by Gasteiger charge is -2.50. The van der Waals surface area contributed by atoms with Crippen molar-refractivity contribution in [1.29, 1.82) is 0 Å². The minimum absolute atomic E-state index is 0.0663. The van der Waals surface area contributed by atoms with Gasteiger partial charge in [-0.05, 0) is 25.7 Å². The summed E-state index contributed by atoms with van der Waals surface area (Å²) in [5, 5.41) is 3.03. The number of nitrogens with one attached hydrogen (secondary N) is 1. The summed E-state index contributed by atoms with van der Waals surface area (Å²) in [5.41, 5.74) is -0.598. The SMILES string of the molecule is C/C=C/CN1C(=O)C(C(C)CC)NC(=O)C12CCCCC2. The Morgan fingerprint density at radius 1 is 1.33 bits per heavy atom. The van der Waals surface area contributed by atoms with Crippen molar-refractivity contribution >= 4 is 11.8 Å². The molecule has 1 saturated carbocycles. The third kappa shape index (κ3) is 2.85. The quantitative estimate of drug-likeness (QED) is 0.810. The maximum atomic E-state index is 12.9. The van der Waals surface area contributed by atoms with Crippen molar-refractivity contribution < 1.29 is 9.59 Å². The van der Waals surface area contributed by atoms with E-state index in [0.717, 1.165) is 38.5 Å². The van der Waals surface area contributed by atoms with Crippen molar-refractivity contribution in [3.63, 3.8) is 0 Å². The fourth-order valence-corrected chi connectivity index (χ4v) is 3.57. The van der Waals surface area contributed by atoms with Gasteiger partial charge in [-0.15, -0.1) is 0 Å². The van der Waals surface area contributed by atoms with Gasteiger partial charge >= 0.3 is 0 Å². The zero-order chi connectivity index (χ0) is 15.5. The molecule has 2 unspecified atom stereocenters. The molecular weight excluding hydrogens is 264 g/mol. The number of rotatable bonds is 4. The molecule has 0 aromatic carbocycles. The van der Waals surface area contributed by atoms with E-state index in [9.17, 15) is 9.59 Å². The molecule has 118 valence electrons. The van der Waals surface area contributed by atoms with Crippen LogP contribution >= 0.6 is 0 Å². The Hall–Kier alpha value is -1.32. The van der Waals surface area contributed by atoms with Crippen molar-refractivity contribution in [3.8, 4) is 0 Å². The third-order valence-electron chi connectivity index (χ3n) is 5.18. The molecule has 2 amide bonds. The topological polar surface area (TPSA) is 49.4 Å². The second kappa shape index (κ2) is 6.63. The number of allylic oxidation sites excluding steroid dienone is 1. The first kappa shape index (κ1) is 16.1. The summed E-state index contributed by atoms with van der Waals surface area (Å²) >= 11 is 0. The minimum atomic E-state index is -0.598. The molecule has 2 aliphatic rings. The number of nitrogens with zero attached hydrogens (tertiary/aromatic N) is 1. The zero-order valence-corrected chi connectivity index (χ0v) is 13.5. The summed E-state index contributed by atoms with van der Waals surface area (Å²) in [7, 11) is 0. The molecule has 1 N–H and O–H groups in total. The highest BCUT2D eigenvalue weighted by Gasteiger charge is 2.52. The van der Waals surface area contributed by atoms with Crippen LogP contribution in [0.25, 0.3) is 0 Å². The number of hydrogen-bond donors (Lipinski definition) is 1. The van der Waals surface area contributed by atoms with Gasteiger partial charge in [-0.1, -0.05) is 51.7 Å². The molecule has 4 heteroatoms. The maximum Gasteiger partial charge on any atom is 0.246 e. The van der Waals surface area contributed by atoms with Crippen LogP contribution in [0.4, 0.5) is 0 Å². The van der Waals surface area contributed by atoms with E-state index in [1.54, 1.807) is 0 Å². The normalized spacial score (nSPS) is 27.2. The molecule has 0 aromatic heterocycles. The first-order valence-electron chi connectivity index (χ1n) is 8.30. The Balaban J connectivity index is 2.32. The van der Waals surface area contributed by atoms with Gasteiger partial charge in [0.2, 0.25) is 11.8 Å². The van der Waals surface area contributed by atoms with Crippen molar-refractivity contribution in [1.82, 2.24) is 10.2 Å². The maximum absolute atomic E-state index is 12.9. The van der Waals surface area contributed by atoms with Crippen LogP contribution in [-0.2, 0) is 9.59 Å². The molecule has 1 heterocycles. The predicted octanol–water partition coefficient (Wildman–Crippen LogP) is 2.64. The molecule has 21 heavy (non-hydrogen) atoms. The highest BCUT2D eigenvalue weighted by atomic mass is 16.2. The van der Waals surface area contributed by atoms with E-state index in [2.05, 4.69) is 12.2 Å². The highest BCUT2D eigenvalue weighted by molar-refractivity contribution is 6.00. The lowest BCUT2D eigenvalue weighted by molar-refractivity contribution is -0.160. The van der Waals surface area contributed by atoms with Crippen LogP contribution < -0.4 is 5.32 Å². The third-order valence-corrected chi connectivity index (χ3v) is 5.18. The summed E-state index contributed by atoms with van der Waals surface area (Å²) in [6.07, 6.45) is 9.65. The van der Waals surface area contributed by atoms with E-state index < -0.39 is 5.54 Å². The van der Waals surface area contributed by atoms with E-state index in [1.807, 2.05) is 30.9 Å². The first-order chi connectivity index (χ1) is 10.1. The van der Waals surface area contributed by atoms with Crippen LogP contribution in [0.1, 0.15) is 59.3 Å². The van der Waals surface area contributed by atoms with Gasteiger partial charge in [-0.25, -0.2) is 0 Å². The van der Waals surface area contributed by atoms with Gasteiger partial charge in [0.25, 0.3) is 0 Å². The standard InChI is InChI=1S/C17H28N2O2/c1-4-6-12-19-15(20)14(13(3)5-2)18-16(21)17(19)10-8-7-9-11-17/h4,6,13-14H,5,7-12H2,1-3H3,(H,18,21)/b6-4+. The van der Waals surface area contributed by atoms with Gasteiger partial charge in [-0.3, -0.25) is 9.59 Å². The Labute approximate surface area is 128 Å². The lowest BCUT2D eigenvalue weighted by atomic mass is 9.76. The molecule has 0 radical (unpaired) electrons. The van der Waals surface area contributed by atoms with Crippen LogP contribution in [0, 0.1) is 5.92 Å². The summed E-state index contributed by atoms with van der Waals surface area (Å²) in [6.45, 7) is 6.60. The molecule has 1 spiro atoms. The second-order valence-electron chi connectivity index (χ2n) is 6.45. The summed E-state index contributed by atoms with van der Waals surface area (Å²) in [5.74, 6) is 0.344. The summed E-state index contributed by atoms with van der Waals surface area (Å²) in [6, 6.07) is -0.361. The monoisotopic (exact) mass is 292 g/mol. The van der Waals surface area contributed by atoms with Gasteiger partial charge in [0.05, 0.1) is 0 Å². The smallest absolute Gasteiger partial charge is 0.246 e. The Bertz CT molecular complexity index is 425. The Kier molecular flexibility index (Phi) is 5.07. The van der Waals surface area contributed by atoms with Gasteiger partial charge in [0, 0.05) is 6.54 Å².